The number of aliphatic hydroxyl groups excluding tert-OH is 1. The molecule has 7 heteroatoms. The number of methoxy groups -OCH3 is 1. The van der Waals surface area contributed by atoms with Crippen LogP contribution in [0.5, 0.6) is 5.88 Å². The van der Waals surface area contributed by atoms with Gasteiger partial charge in [-0.25, -0.2) is 9.37 Å². The van der Waals surface area contributed by atoms with E-state index in [1.165, 1.54) is 37.6 Å². The van der Waals surface area contributed by atoms with E-state index in [9.17, 15) is 14.3 Å². The predicted molar refractivity (Wildman–Crippen MR) is 79.5 cm³/mol. The van der Waals surface area contributed by atoms with Gasteiger partial charge >= 0.3 is 0 Å². The van der Waals surface area contributed by atoms with Gasteiger partial charge in [-0.05, 0) is 29.8 Å². The molecule has 2 N–H and O–H groups in total. The fraction of sp³-hybridized carbons (Fsp3) is 0.200. The maximum Gasteiger partial charge on any atom is 0.257 e. The van der Waals surface area contributed by atoms with Crippen LogP contribution in [0.1, 0.15) is 22.0 Å². The van der Waals surface area contributed by atoms with E-state index in [0.717, 1.165) is 0 Å². The van der Waals surface area contributed by atoms with Gasteiger partial charge in [0.15, 0.2) is 0 Å². The fourth-order valence-electron chi connectivity index (χ4n) is 1.93. The van der Waals surface area contributed by atoms with Crippen LogP contribution in [0.4, 0.5) is 4.39 Å². The highest BCUT2D eigenvalue weighted by molar-refractivity contribution is 6.30. The lowest BCUT2D eigenvalue weighted by molar-refractivity contribution is 0.0912. The van der Waals surface area contributed by atoms with Gasteiger partial charge in [-0.3, -0.25) is 4.79 Å². The minimum atomic E-state index is -0.774. The second kappa shape index (κ2) is 7.20. The van der Waals surface area contributed by atoms with Crippen LogP contribution in [-0.2, 0) is 0 Å². The first-order chi connectivity index (χ1) is 10.6. The number of ether oxygens (including phenoxy) is 1. The van der Waals surface area contributed by atoms with Gasteiger partial charge in [0.2, 0.25) is 5.88 Å². The van der Waals surface area contributed by atoms with Crippen molar-refractivity contribution in [1.82, 2.24) is 10.3 Å². The molecule has 2 aromatic rings. The first-order valence-corrected chi connectivity index (χ1v) is 6.80. The van der Waals surface area contributed by atoms with Gasteiger partial charge in [0.05, 0.1) is 24.8 Å². The van der Waals surface area contributed by atoms with E-state index in [-0.39, 0.29) is 16.5 Å². The molecular formula is C15H14ClFN2O3. The smallest absolute Gasteiger partial charge is 0.257 e. The molecule has 1 unspecified atom stereocenters. The second-order valence-corrected chi connectivity index (χ2v) is 4.85. The van der Waals surface area contributed by atoms with E-state index in [1.807, 2.05) is 0 Å². The van der Waals surface area contributed by atoms with Crippen LogP contribution in [0.2, 0.25) is 5.02 Å². The van der Waals surface area contributed by atoms with Gasteiger partial charge in [-0.2, -0.15) is 0 Å². The summed E-state index contributed by atoms with van der Waals surface area (Å²) in [5.74, 6) is -0.941. The number of hydrogen-bond donors (Lipinski definition) is 2. The quantitative estimate of drug-likeness (QED) is 0.885. The largest absolute Gasteiger partial charge is 0.480 e. The monoisotopic (exact) mass is 324 g/mol. The van der Waals surface area contributed by atoms with Gasteiger partial charge in [-0.15, -0.1) is 0 Å². The number of hydrogen-bond acceptors (Lipinski definition) is 4. The third-order valence-electron chi connectivity index (χ3n) is 3.04. The van der Waals surface area contributed by atoms with Crippen LogP contribution in [-0.4, -0.2) is 29.7 Å². The van der Waals surface area contributed by atoms with E-state index in [0.29, 0.717) is 5.56 Å². The SMILES string of the molecule is COc1ncccc1C(=O)NC(CO)c1ccc(Cl)c(F)c1. The van der Waals surface area contributed by atoms with E-state index in [1.54, 1.807) is 6.07 Å². The van der Waals surface area contributed by atoms with E-state index in [2.05, 4.69) is 10.3 Å². The number of nitrogens with zero attached hydrogens (tertiary/aromatic N) is 1. The number of amides is 1. The van der Waals surface area contributed by atoms with Crippen molar-refractivity contribution in [3.8, 4) is 5.88 Å². The van der Waals surface area contributed by atoms with Gasteiger partial charge in [0, 0.05) is 6.20 Å². The summed E-state index contributed by atoms with van der Waals surface area (Å²) in [5, 5.41) is 12.0. The second-order valence-electron chi connectivity index (χ2n) is 4.44. The third kappa shape index (κ3) is 3.52. The average Bonchev–Trinajstić information content (AvgIpc) is 2.55. The van der Waals surface area contributed by atoms with Crippen LogP contribution < -0.4 is 10.1 Å². The van der Waals surface area contributed by atoms with Crippen LogP contribution in [0.3, 0.4) is 0 Å². The van der Waals surface area contributed by atoms with Crippen molar-refractivity contribution < 1.29 is 19.0 Å². The van der Waals surface area contributed by atoms with Crippen LogP contribution in [0.15, 0.2) is 36.5 Å². The molecule has 1 amide bonds. The van der Waals surface area contributed by atoms with E-state index in [4.69, 9.17) is 16.3 Å². The van der Waals surface area contributed by atoms with E-state index >= 15 is 0 Å². The van der Waals surface area contributed by atoms with Crippen molar-refractivity contribution in [3.05, 3.63) is 58.5 Å². The van der Waals surface area contributed by atoms with Crippen LogP contribution in [0, 0.1) is 5.82 Å². The molecule has 0 aliphatic rings. The lowest BCUT2D eigenvalue weighted by Gasteiger charge is -2.17. The molecule has 22 heavy (non-hydrogen) atoms. The van der Waals surface area contributed by atoms with Crippen LogP contribution in [0.25, 0.3) is 0 Å². The molecule has 0 bridgehead atoms. The zero-order valence-electron chi connectivity index (χ0n) is 11.7. The van der Waals surface area contributed by atoms with Crippen molar-refractivity contribution in [2.24, 2.45) is 0 Å². The Hall–Kier alpha value is -2.18. The summed E-state index contributed by atoms with van der Waals surface area (Å²) in [5.41, 5.74) is 0.624. The lowest BCUT2D eigenvalue weighted by atomic mass is 10.1. The van der Waals surface area contributed by atoms with Crippen molar-refractivity contribution in [2.75, 3.05) is 13.7 Å². The van der Waals surface area contributed by atoms with Gasteiger partial charge in [-0.1, -0.05) is 17.7 Å². The summed E-state index contributed by atoms with van der Waals surface area (Å²) >= 11 is 5.62. The highest BCUT2D eigenvalue weighted by Gasteiger charge is 2.19. The highest BCUT2D eigenvalue weighted by atomic mass is 35.5. The van der Waals surface area contributed by atoms with Gasteiger partial charge in [0.25, 0.3) is 5.91 Å². The average molecular weight is 325 g/mol. The Balaban J connectivity index is 2.22. The Kier molecular flexibility index (Phi) is 5.30. The summed E-state index contributed by atoms with van der Waals surface area (Å²) in [6.07, 6.45) is 1.49. The molecule has 116 valence electrons. The zero-order valence-corrected chi connectivity index (χ0v) is 12.5. The summed E-state index contributed by atoms with van der Waals surface area (Å²) in [6.45, 7) is -0.393. The predicted octanol–water partition coefficient (Wildman–Crippen LogP) is 2.35. The number of pyridine rings is 1. The normalized spacial score (nSPS) is 11.8. The van der Waals surface area contributed by atoms with Gasteiger partial charge in [0.1, 0.15) is 11.4 Å². The molecule has 5 nitrogen and oxygen atoms in total. The first kappa shape index (κ1) is 16.2. The summed E-state index contributed by atoms with van der Waals surface area (Å²) in [6, 6.07) is 6.43. The minimum absolute atomic E-state index is 0.0271. The number of carbonyl (C=O) groups is 1. The Morgan fingerprint density at radius 1 is 1.50 bits per heavy atom. The maximum atomic E-state index is 13.5. The summed E-state index contributed by atoms with van der Waals surface area (Å²) < 4.78 is 18.5. The number of carbonyl (C=O) groups excluding carboxylic acids is 1. The topological polar surface area (TPSA) is 71.5 Å². The molecule has 0 radical (unpaired) electrons. The minimum Gasteiger partial charge on any atom is -0.480 e. The van der Waals surface area contributed by atoms with Crippen molar-refractivity contribution in [3.63, 3.8) is 0 Å². The molecule has 1 aromatic carbocycles. The van der Waals surface area contributed by atoms with Crippen molar-refractivity contribution in [1.29, 1.82) is 0 Å². The number of aliphatic hydroxyl groups is 1. The zero-order chi connectivity index (χ0) is 16.1. The molecule has 0 aliphatic heterocycles. The van der Waals surface area contributed by atoms with E-state index < -0.39 is 24.4 Å². The maximum absolute atomic E-state index is 13.5. The Labute approximate surface area is 131 Å². The number of nitrogens with one attached hydrogen (secondary N) is 1. The molecule has 1 aromatic heterocycles. The molecule has 0 aliphatic carbocycles. The number of rotatable bonds is 5. The molecule has 0 spiro atoms. The Bertz CT molecular complexity index is 682. The molecule has 0 saturated carbocycles. The molecule has 1 heterocycles. The molecular weight excluding hydrogens is 311 g/mol. The molecule has 2 rings (SSSR count). The number of benzene rings is 1. The van der Waals surface area contributed by atoms with Crippen LogP contribution >= 0.6 is 11.6 Å². The first-order valence-electron chi connectivity index (χ1n) is 6.42. The summed E-state index contributed by atoms with van der Waals surface area (Å²) in [4.78, 5) is 16.2. The lowest BCUT2D eigenvalue weighted by Crippen LogP contribution is -2.31. The van der Waals surface area contributed by atoms with Crippen molar-refractivity contribution in [2.45, 2.75) is 6.04 Å². The van der Waals surface area contributed by atoms with Gasteiger partial charge < -0.3 is 15.2 Å². The number of aromatic nitrogens is 1. The van der Waals surface area contributed by atoms with Crippen molar-refractivity contribution >= 4 is 17.5 Å². The summed E-state index contributed by atoms with van der Waals surface area (Å²) in [7, 11) is 1.40. The Morgan fingerprint density at radius 2 is 2.27 bits per heavy atom. The highest BCUT2D eigenvalue weighted by Crippen LogP contribution is 2.21. The standard InChI is InChI=1S/C15H14ClFN2O3/c1-22-15-10(3-2-6-18-15)14(21)19-13(8-20)9-4-5-11(16)12(17)7-9/h2-7,13,20H,8H2,1H3,(H,19,21). The molecule has 0 saturated heterocycles. The third-order valence-corrected chi connectivity index (χ3v) is 3.35. The Morgan fingerprint density at radius 3 is 2.91 bits per heavy atom. The fourth-order valence-corrected chi connectivity index (χ4v) is 2.04. The molecule has 0 fully saturated rings. The molecule has 1 atom stereocenters. The number of halogens is 2.